The van der Waals surface area contributed by atoms with E-state index in [9.17, 15) is 0 Å². The third-order valence-electron chi connectivity index (χ3n) is 3.57. The molecule has 0 aromatic carbocycles. The van der Waals surface area contributed by atoms with Gasteiger partial charge in [-0.1, -0.05) is 13.8 Å². The van der Waals surface area contributed by atoms with Crippen LogP contribution in [0.15, 0.2) is 0 Å². The summed E-state index contributed by atoms with van der Waals surface area (Å²) in [5.41, 5.74) is 3.69. The Hall–Kier alpha value is -0.870. The lowest BCUT2D eigenvalue weighted by molar-refractivity contribution is 0.272. The molecular weight excluding hydrogens is 224 g/mol. The van der Waals surface area contributed by atoms with Crippen LogP contribution in [-0.2, 0) is 6.42 Å². The van der Waals surface area contributed by atoms with Gasteiger partial charge in [-0.2, -0.15) is 5.10 Å². The molecule has 0 bridgehead atoms. The van der Waals surface area contributed by atoms with Crippen molar-refractivity contribution < 1.29 is 0 Å². The number of nitrogens with zero attached hydrogens (tertiary/aromatic N) is 2. The highest BCUT2D eigenvalue weighted by Gasteiger charge is 2.08. The van der Waals surface area contributed by atoms with Crippen LogP contribution in [0.2, 0.25) is 0 Å². The number of likely N-dealkylation sites (N-methyl/N-ethyl adjacent to an activating group) is 1. The van der Waals surface area contributed by atoms with Crippen molar-refractivity contribution in [1.29, 1.82) is 0 Å². The first-order valence-corrected chi connectivity index (χ1v) is 7.04. The number of H-pyrrole nitrogens is 1. The molecule has 104 valence electrons. The summed E-state index contributed by atoms with van der Waals surface area (Å²) >= 11 is 0. The zero-order valence-electron chi connectivity index (χ0n) is 12.5. The molecule has 0 saturated heterocycles. The van der Waals surface area contributed by atoms with Gasteiger partial charge in [0.15, 0.2) is 0 Å². The van der Waals surface area contributed by atoms with Crippen LogP contribution in [-0.4, -0.2) is 47.3 Å². The van der Waals surface area contributed by atoms with Gasteiger partial charge >= 0.3 is 0 Å². The molecule has 4 nitrogen and oxygen atoms in total. The van der Waals surface area contributed by atoms with E-state index in [1.54, 1.807) is 0 Å². The van der Waals surface area contributed by atoms with Gasteiger partial charge in [0.1, 0.15) is 0 Å². The minimum absolute atomic E-state index is 0.539. The van der Waals surface area contributed by atoms with Crippen LogP contribution in [0.3, 0.4) is 0 Å². The Morgan fingerprint density at radius 2 is 1.94 bits per heavy atom. The number of aryl methyl sites for hydroxylation is 2. The summed E-state index contributed by atoms with van der Waals surface area (Å²) in [6.45, 7) is 15.2. The van der Waals surface area contributed by atoms with Crippen molar-refractivity contribution in [2.75, 3.05) is 26.2 Å². The van der Waals surface area contributed by atoms with E-state index in [2.05, 4.69) is 55.0 Å². The highest BCUT2D eigenvalue weighted by Crippen LogP contribution is 2.09. The van der Waals surface area contributed by atoms with Crippen LogP contribution in [0.1, 0.15) is 37.7 Å². The SMILES string of the molecule is CCN(CC)CC(C)NCCc1c(C)n[nH]c1C. The summed E-state index contributed by atoms with van der Waals surface area (Å²) < 4.78 is 0. The lowest BCUT2D eigenvalue weighted by Crippen LogP contribution is -2.39. The largest absolute Gasteiger partial charge is 0.313 e. The number of aromatic nitrogens is 2. The molecular formula is C14H28N4. The topological polar surface area (TPSA) is 44.0 Å². The summed E-state index contributed by atoms with van der Waals surface area (Å²) in [5.74, 6) is 0. The van der Waals surface area contributed by atoms with E-state index >= 15 is 0 Å². The second kappa shape index (κ2) is 7.54. The highest BCUT2D eigenvalue weighted by molar-refractivity contribution is 5.23. The van der Waals surface area contributed by atoms with Crippen LogP contribution < -0.4 is 5.32 Å². The number of hydrogen-bond acceptors (Lipinski definition) is 3. The molecule has 18 heavy (non-hydrogen) atoms. The predicted molar refractivity (Wildman–Crippen MR) is 77.0 cm³/mol. The van der Waals surface area contributed by atoms with Crippen molar-refractivity contribution in [2.45, 2.75) is 47.1 Å². The van der Waals surface area contributed by atoms with Gasteiger partial charge in [0.2, 0.25) is 0 Å². The average molecular weight is 252 g/mol. The fraction of sp³-hybridized carbons (Fsp3) is 0.786. The molecule has 0 aliphatic heterocycles. The van der Waals surface area contributed by atoms with E-state index in [4.69, 9.17) is 0 Å². The molecule has 1 aromatic rings. The standard InChI is InChI=1S/C14H28N4/c1-6-18(7-2)10-11(3)15-9-8-14-12(4)16-17-13(14)5/h11,15H,6-10H2,1-5H3,(H,16,17). The van der Waals surface area contributed by atoms with Crippen molar-refractivity contribution in [2.24, 2.45) is 0 Å². The third kappa shape index (κ3) is 4.42. The summed E-state index contributed by atoms with van der Waals surface area (Å²) in [4.78, 5) is 2.45. The van der Waals surface area contributed by atoms with E-state index in [1.807, 2.05) is 0 Å². The average Bonchev–Trinajstić information content (AvgIpc) is 2.67. The summed E-state index contributed by atoms with van der Waals surface area (Å²) in [7, 11) is 0. The van der Waals surface area contributed by atoms with Gasteiger partial charge in [-0.3, -0.25) is 5.10 Å². The van der Waals surface area contributed by atoms with Gasteiger partial charge < -0.3 is 10.2 Å². The maximum Gasteiger partial charge on any atom is 0.0626 e. The molecule has 1 aromatic heterocycles. The number of nitrogens with one attached hydrogen (secondary N) is 2. The van der Waals surface area contributed by atoms with Crippen molar-refractivity contribution in [1.82, 2.24) is 20.4 Å². The molecule has 0 fully saturated rings. The highest BCUT2D eigenvalue weighted by atomic mass is 15.1. The van der Waals surface area contributed by atoms with Crippen molar-refractivity contribution >= 4 is 0 Å². The van der Waals surface area contributed by atoms with Gasteiger partial charge in [0.25, 0.3) is 0 Å². The van der Waals surface area contributed by atoms with E-state index < -0.39 is 0 Å². The fourth-order valence-electron chi connectivity index (χ4n) is 2.32. The van der Waals surface area contributed by atoms with E-state index in [-0.39, 0.29) is 0 Å². The smallest absolute Gasteiger partial charge is 0.0626 e. The lowest BCUT2D eigenvalue weighted by atomic mass is 10.1. The Morgan fingerprint density at radius 1 is 1.28 bits per heavy atom. The first kappa shape index (κ1) is 15.2. The van der Waals surface area contributed by atoms with Crippen LogP contribution >= 0.6 is 0 Å². The molecule has 0 amide bonds. The second-order valence-corrected chi connectivity index (χ2v) is 5.00. The maximum atomic E-state index is 4.23. The fourth-order valence-corrected chi connectivity index (χ4v) is 2.32. The Morgan fingerprint density at radius 3 is 2.44 bits per heavy atom. The van der Waals surface area contributed by atoms with Crippen LogP contribution in [0.4, 0.5) is 0 Å². The van der Waals surface area contributed by atoms with Crippen LogP contribution in [0.5, 0.6) is 0 Å². The molecule has 0 spiro atoms. The molecule has 0 radical (unpaired) electrons. The first-order valence-electron chi connectivity index (χ1n) is 7.04. The summed E-state index contributed by atoms with van der Waals surface area (Å²) in [6, 6.07) is 0.539. The molecule has 2 N–H and O–H groups in total. The Labute approximate surface area is 111 Å². The number of aromatic amines is 1. The Bertz CT molecular complexity index is 322. The number of rotatable bonds is 8. The third-order valence-corrected chi connectivity index (χ3v) is 3.57. The van der Waals surface area contributed by atoms with Gasteiger partial charge in [-0.05, 0) is 52.4 Å². The molecule has 0 saturated carbocycles. The van der Waals surface area contributed by atoms with Crippen molar-refractivity contribution in [3.05, 3.63) is 17.0 Å². The normalized spacial score (nSPS) is 13.2. The summed E-state index contributed by atoms with van der Waals surface area (Å²) in [6.07, 6.45) is 1.05. The van der Waals surface area contributed by atoms with Crippen molar-refractivity contribution in [3.63, 3.8) is 0 Å². The van der Waals surface area contributed by atoms with Crippen LogP contribution in [0, 0.1) is 13.8 Å². The van der Waals surface area contributed by atoms with E-state index in [0.29, 0.717) is 6.04 Å². The molecule has 1 heterocycles. The van der Waals surface area contributed by atoms with Crippen molar-refractivity contribution in [3.8, 4) is 0 Å². The summed E-state index contributed by atoms with van der Waals surface area (Å²) in [5, 5.41) is 10.9. The first-order chi connectivity index (χ1) is 8.58. The van der Waals surface area contributed by atoms with Gasteiger partial charge in [-0.15, -0.1) is 0 Å². The zero-order valence-corrected chi connectivity index (χ0v) is 12.5. The maximum absolute atomic E-state index is 4.23. The molecule has 1 rings (SSSR count). The van der Waals surface area contributed by atoms with Gasteiger partial charge in [0.05, 0.1) is 5.69 Å². The lowest BCUT2D eigenvalue weighted by Gasteiger charge is -2.23. The van der Waals surface area contributed by atoms with Gasteiger partial charge in [0, 0.05) is 18.3 Å². The minimum Gasteiger partial charge on any atom is -0.313 e. The molecule has 1 unspecified atom stereocenters. The zero-order chi connectivity index (χ0) is 13.5. The van der Waals surface area contributed by atoms with Gasteiger partial charge in [-0.25, -0.2) is 0 Å². The van der Waals surface area contributed by atoms with E-state index in [1.165, 1.54) is 11.3 Å². The molecule has 0 aliphatic rings. The molecule has 0 aliphatic carbocycles. The number of hydrogen-bond donors (Lipinski definition) is 2. The molecule has 4 heteroatoms. The van der Waals surface area contributed by atoms with E-state index in [0.717, 1.165) is 38.3 Å². The predicted octanol–water partition coefficient (Wildman–Crippen LogP) is 1.89. The quantitative estimate of drug-likeness (QED) is 0.742. The Balaban J connectivity index is 2.29. The monoisotopic (exact) mass is 252 g/mol. The molecule has 1 atom stereocenters. The second-order valence-electron chi connectivity index (χ2n) is 5.00. The Kier molecular flexibility index (Phi) is 6.36. The minimum atomic E-state index is 0.539. The van der Waals surface area contributed by atoms with Crippen LogP contribution in [0.25, 0.3) is 0 Å².